The van der Waals surface area contributed by atoms with Crippen molar-refractivity contribution in [2.24, 2.45) is 0 Å². The number of H-pyrrole nitrogens is 1. The Balaban J connectivity index is 1.75. The minimum absolute atomic E-state index is 0.161. The van der Waals surface area contributed by atoms with Crippen molar-refractivity contribution in [1.29, 1.82) is 0 Å². The van der Waals surface area contributed by atoms with E-state index < -0.39 is 21.6 Å². The number of hydrogen-bond acceptors (Lipinski definition) is 3. The van der Waals surface area contributed by atoms with Crippen LogP contribution in [0.25, 0.3) is 21.8 Å². The van der Waals surface area contributed by atoms with Gasteiger partial charge in [0.15, 0.2) is 0 Å². The Morgan fingerprint density at radius 1 is 1.00 bits per heavy atom. The normalized spacial score (nSPS) is 11.9. The zero-order chi connectivity index (χ0) is 24.0. The van der Waals surface area contributed by atoms with Gasteiger partial charge < -0.3 is 14.7 Å². The molecule has 8 heteroatoms. The SMILES string of the molecule is Cc1c(Cc2[nH]c3ccccc3c2S(=O)(=O)c2ccccc2)c2cc(F)ccc2n1CC(=O)O. The number of hydrogen-bond donors (Lipinski definition) is 2. The number of carboxylic acid groups (broad SMARTS) is 1. The minimum atomic E-state index is -3.87. The quantitative estimate of drug-likeness (QED) is 0.358. The molecule has 0 aliphatic rings. The highest BCUT2D eigenvalue weighted by molar-refractivity contribution is 7.91. The van der Waals surface area contributed by atoms with E-state index in [1.165, 1.54) is 12.1 Å². The number of carbonyl (C=O) groups is 1. The van der Waals surface area contributed by atoms with E-state index in [9.17, 15) is 22.7 Å². The van der Waals surface area contributed by atoms with Crippen LogP contribution in [0, 0.1) is 12.7 Å². The van der Waals surface area contributed by atoms with Crippen LogP contribution in [0.5, 0.6) is 0 Å². The van der Waals surface area contributed by atoms with Crippen LogP contribution < -0.4 is 0 Å². The molecule has 5 rings (SSSR count). The lowest BCUT2D eigenvalue weighted by Crippen LogP contribution is -2.10. The van der Waals surface area contributed by atoms with E-state index in [0.717, 1.165) is 0 Å². The van der Waals surface area contributed by atoms with Crippen molar-refractivity contribution in [1.82, 2.24) is 9.55 Å². The molecule has 3 aromatic carbocycles. The maximum absolute atomic E-state index is 14.2. The monoisotopic (exact) mass is 476 g/mol. The summed E-state index contributed by atoms with van der Waals surface area (Å²) in [7, 11) is -3.87. The molecule has 0 saturated carbocycles. The summed E-state index contributed by atoms with van der Waals surface area (Å²) in [4.78, 5) is 15.1. The maximum atomic E-state index is 14.2. The number of nitrogens with one attached hydrogen (secondary N) is 1. The Bertz CT molecular complexity index is 1670. The summed E-state index contributed by atoms with van der Waals surface area (Å²) in [5, 5.41) is 10.5. The van der Waals surface area contributed by atoms with Gasteiger partial charge in [-0.3, -0.25) is 4.79 Å². The Morgan fingerprint density at radius 2 is 1.71 bits per heavy atom. The summed E-state index contributed by atoms with van der Waals surface area (Å²) in [5.74, 6) is -1.47. The van der Waals surface area contributed by atoms with Crippen LogP contribution in [0.15, 0.2) is 82.6 Å². The highest BCUT2D eigenvalue weighted by Gasteiger charge is 2.27. The molecule has 0 saturated heterocycles. The number of aromatic amines is 1. The molecule has 2 N–H and O–H groups in total. The molecule has 0 atom stereocenters. The molecular weight excluding hydrogens is 455 g/mol. The largest absolute Gasteiger partial charge is 0.480 e. The average molecular weight is 477 g/mol. The van der Waals surface area contributed by atoms with Crippen LogP contribution in [-0.2, 0) is 27.6 Å². The molecule has 0 spiro atoms. The zero-order valence-corrected chi connectivity index (χ0v) is 19.1. The number of aliphatic carboxylic acids is 1. The van der Waals surface area contributed by atoms with Crippen LogP contribution in [0.1, 0.15) is 17.0 Å². The lowest BCUT2D eigenvalue weighted by Gasteiger charge is -2.09. The van der Waals surface area contributed by atoms with Gasteiger partial charge in [0, 0.05) is 39.6 Å². The van der Waals surface area contributed by atoms with Crippen molar-refractivity contribution < 1.29 is 22.7 Å². The molecule has 2 aromatic heterocycles. The van der Waals surface area contributed by atoms with E-state index >= 15 is 0 Å². The summed E-state index contributed by atoms with van der Waals surface area (Å²) in [6.45, 7) is 1.49. The fourth-order valence-corrected chi connectivity index (χ4v) is 6.25. The van der Waals surface area contributed by atoms with E-state index in [2.05, 4.69) is 4.98 Å². The highest BCUT2D eigenvalue weighted by atomic mass is 32.2. The van der Waals surface area contributed by atoms with Gasteiger partial charge in [-0.1, -0.05) is 36.4 Å². The molecule has 2 heterocycles. The predicted molar refractivity (Wildman–Crippen MR) is 127 cm³/mol. The summed E-state index contributed by atoms with van der Waals surface area (Å²) in [5.41, 5.74) is 3.04. The first kappa shape index (κ1) is 21.9. The van der Waals surface area contributed by atoms with E-state index in [0.29, 0.717) is 38.8 Å². The van der Waals surface area contributed by atoms with Crippen LogP contribution in [0.3, 0.4) is 0 Å². The molecule has 172 valence electrons. The van der Waals surface area contributed by atoms with Crippen LogP contribution in [0.4, 0.5) is 4.39 Å². The van der Waals surface area contributed by atoms with Gasteiger partial charge >= 0.3 is 5.97 Å². The Kier molecular flexibility index (Phi) is 5.25. The summed E-state index contributed by atoms with van der Waals surface area (Å²) >= 11 is 0. The first-order valence-corrected chi connectivity index (χ1v) is 12.1. The molecule has 0 fully saturated rings. The van der Waals surface area contributed by atoms with Gasteiger partial charge in [0.25, 0.3) is 0 Å². The van der Waals surface area contributed by atoms with Crippen molar-refractivity contribution >= 4 is 37.6 Å². The summed E-state index contributed by atoms with van der Waals surface area (Å²) in [6.07, 6.45) is 0.161. The van der Waals surface area contributed by atoms with Gasteiger partial charge in [-0.2, -0.15) is 0 Å². The van der Waals surface area contributed by atoms with Crippen molar-refractivity contribution in [3.8, 4) is 0 Å². The Hall–Kier alpha value is -3.91. The van der Waals surface area contributed by atoms with Crippen molar-refractivity contribution in [3.63, 3.8) is 0 Å². The van der Waals surface area contributed by atoms with Gasteiger partial charge in [-0.05, 0) is 48.9 Å². The maximum Gasteiger partial charge on any atom is 0.323 e. The highest BCUT2D eigenvalue weighted by Crippen LogP contribution is 2.35. The number of nitrogens with zero attached hydrogens (tertiary/aromatic N) is 1. The zero-order valence-electron chi connectivity index (χ0n) is 18.2. The Morgan fingerprint density at radius 3 is 2.44 bits per heavy atom. The first-order valence-electron chi connectivity index (χ1n) is 10.7. The average Bonchev–Trinajstić information content (AvgIpc) is 3.30. The summed E-state index contributed by atoms with van der Waals surface area (Å²) < 4.78 is 43.2. The van der Waals surface area contributed by atoms with Crippen LogP contribution >= 0.6 is 0 Å². The van der Waals surface area contributed by atoms with Gasteiger partial charge in [-0.25, -0.2) is 12.8 Å². The molecule has 0 aliphatic carbocycles. The number of sulfone groups is 1. The second kappa shape index (κ2) is 8.14. The number of benzene rings is 3. The Labute approximate surface area is 195 Å². The fourth-order valence-electron chi connectivity index (χ4n) is 4.58. The van der Waals surface area contributed by atoms with Crippen LogP contribution in [0.2, 0.25) is 0 Å². The topological polar surface area (TPSA) is 92.2 Å². The minimum Gasteiger partial charge on any atom is -0.480 e. The molecule has 5 aromatic rings. The van der Waals surface area contributed by atoms with E-state index in [4.69, 9.17) is 0 Å². The molecule has 0 aliphatic heterocycles. The lowest BCUT2D eigenvalue weighted by molar-refractivity contribution is -0.137. The van der Waals surface area contributed by atoms with Crippen molar-refractivity contribution in [3.05, 3.63) is 95.6 Å². The van der Waals surface area contributed by atoms with E-state index in [1.54, 1.807) is 60.0 Å². The lowest BCUT2D eigenvalue weighted by atomic mass is 10.1. The second-order valence-corrected chi connectivity index (χ2v) is 10.1. The molecule has 0 radical (unpaired) electrons. The van der Waals surface area contributed by atoms with E-state index in [-0.39, 0.29) is 22.8 Å². The van der Waals surface area contributed by atoms with E-state index in [1.807, 2.05) is 12.1 Å². The number of carboxylic acids is 1. The molecule has 34 heavy (non-hydrogen) atoms. The number of rotatable bonds is 6. The first-order chi connectivity index (χ1) is 16.3. The third kappa shape index (κ3) is 3.56. The molecule has 0 bridgehead atoms. The fraction of sp³-hybridized carbons (Fsp3) is 0.115. The standard InChI is InChI=1S/C26H21FN2O4S/c1-16-20(21-13-17(27)11-12-24(21)29(16)15-25(30)31)14-23-26(19-9-5-6-10-22(19)28-23)34(32,33)18-7-3-2-4-8-18/h2-13,28H,14-15H2,1H3,(H,30,31). The number of aromatic nitrogens is 2. The van der Waals surface area contributed by atoms with Gasteiger partial charge in [-0.15, -0.1) is 0 Å². The molecule has 0 amide bonds. The second-order valence-electron chi connectivity index (χ2n) is 8.18. The third-order valence-corrected chi connectivity index (χ3v) is 8.01. The molecule has 6 nitrogen and oxygen atoms in total. The van der Waals surface area contributed by atoms with Gasteiger partial charge in [0.1, 0.15) is 17.3 Å². The smallest absolute Gasteiger partial charge is 0.323 e. The predicted octanol–water partition coefficient (Wildman–Crippen LogP) is 5.08. The summed E-state index contributed by atoms with van der Waals surface area (Å²) in [6, 6.07) is 19.6. The van der Waals surface area contributed by atoms with Gasteiger partial charge in [0.05, 0.1) is 4.90 Å². The molecule has 0 unspecified atom stereocenters. The van der Waals surface area contributed by atoms with Crippen LogP contribution in [-0.4, -0.2) is 29.0 Å². The van der Waals surface area contributed by atoms with Crippen molar-refractivity contribution in [2.75, 3.05) is 0 Å². The molecular formula is C26H21FN2O4S. The van der Waals surface area contributed by atoms with Crippen molar-refractivity contribution in [2.45, 2.75) is 29.7 Å². The number of halogens is 1. The van der Waals surface area contributed by atoms with Gasteiger partial charge in [0.2, 0.25) is 9.84 Å². The number of para-hydroxylation sites is 1. The third-order valence-electron chi connectivity index (χ3n) is 6.12. The number of fused-ring (bicyclic) bond motifs is 2.